The van der Waals surface area contributed by atoms with Gasteiger partial charge < -0.3 is 49.5 Å². The van der Waals surface area contributed by atoms with E-state index in [1.54, 1.807) is 20.8 Å². The van der Waals surface area contributed by atoms with E-state index in [2.05, 4.69) is 48.1 Å². The fraction of sp³-hybridized carbons (Fsp3) is 0.830. The fourth-order valence-corrected chi connectivity index (χ4v) is 7.64. The highest BCUT2D eigenvalue weighted by atomic mass is 16.6. The van der Waals surface area contributed by atoms with Gasteiger partial charge in [-0.1, -0.05) is 47.5 Å². The van der Waals surface area contributed by atoms with E-state index in [0.717, 1.165) is 60.9 Å². The number of allylic oxidation sites excluding steroid dienone is 1. The van der Waals surface area contributed by atoms with Crippen LogP contribution in [0.2, 0.25) is 0 Å². The summed E-state index contributed by atoms with van der Waals surface area (Å²) in [7, 11) is 6.37. The van der Waals surface area contributed by atoms with Gasteiger partial charge in [0.2, 0.25) is 17.7 Å². The molecule has 0 aromatic rings. The van der Waals surface area contributed by atoms with Crippen LogP contribution in [-0.4, -0.2) is 163 Å². The molecule has 374 valence electrons. The third-order valence-corrected chi connectivity index (χ3v) is 11.3. The SMILES string of the molecule is CC(=O)N[C@H](CCCCNC(=O)COC1CCCCCC2=C1NNN2CCOCCOCCOCCOCCC(=O)CCC[N+](C)(C)C)C(=O)N[C@H](C(=O)C[C@@H](C)C(=O)C(C)C)C(C)C. The summed E-state index contributed by atoms with van der Waals surface area (Å²) in [4.78, 5) is 75.6. The van der Waals surface area contributed by atoms with Crippen molar-refractivity contribution < 1.29 is 56.9 Å². The lowest BCUT2D eigenvalue weighted by Crippen LogP contribution is -2.53. The van der Waals surface area contributed by atoms with E-state index >= 15 is 0 Å². The van der Waals surface area contributed by atoms with E-state index in [1.807, 2.05) is 18.9 Å². The lowest BCUT2D eigenvalue weighted by atomic mass is 9.88. The van der Waals surface area contributed by atoms with Crippen LogP contribution in [0.25, 0.3) is 0 Å². The molecule has 2 rings (SSSR count). The minimum absolute atomic E-state index is 0.00195. The van der Waals surface area contributed by atoms with Crippen LogP contribution in [0.3, 0.4) is 0 Å². The van der Waals surface area contributed by atoms with Crippen molar-refractivity contribution in [3.63, 3.8) is 0 Å². The average molecular weight is 925 g/mol. The van der Waals surface area contributed by atoms with Crippen LogP contribution in [0.1, 0.15) is 119 Å². The summed E-state index contributed by atoms with van der Waals surface area (Å²) in [6.45, 7) is 15.8. The minimum atomic E-state index is -0.846. The summed E-state index contributed by atoms with van der Waals surface area (Å²) >= 11 is 0. The Balaban J connectivity index is 1.65. The Morgan fingerprint density at radius 2 is 1.43 bits per heavy atom. The molecule has 18 nitrogen and oxygen atoms in total. The van der Waals surface area contributed by atoms with Gasteiger partial charge in [0.25, 0.3) is 0 Å². The number of quaternary nitrogens is 1. The average Bonchev–Trinajstić information content (AvgIpc) is 3.61. The van der Waals surface area contributed by atoms with Gasteiger partial charge in [-0.15, -0.1) is 5.53 Å². The number of hydrazine groups is 2. The maximum absolute atomic E-state index is 13.3. The first kappa shape index (κ1) is 57.6. The summed E-state index contributed by atoms with van der Waals surface area (Å²) in [6, 6.07) is -1.63. The Labute approximate surface area is 389 Å². The topological polar surface area (TPSA) is 212 Å². The van der Waals surface area contributed by atoms with Crippen molar-refractivity contribution in [3.05, 3.63) is 11.4 Å². The number of ether oxygens (including phenoxy) is 5. The number of Topliss-reactive ketones (excluding diaryl/α,β-unsaturated/α-hetero) is 3. The van der Waals surface area contributed by atoms with Gasteiger partial charge in [-0.05, 0) is 44.4 Å². The van der Waals surface area contributed by atoms with Crippen molar-refractivity contribution in [2.45, 2.75) is 137 Å². The molecule has 1 aliphatic heterocycles. The zero-order valence-electron chi connectivity index (χ0n) is 41.3. The monoisotopic (exact) mass is 925 g/mol. The van der Waals surface area contributed by atoms with Crippen LogP contribution in [0.4, 0.5) is 0 Å². The number of nitrogens with one attached hydrogen (secondary N) is 5. The Kier molecular flexibility index (Phi) is 28.6. The second-order valence-corrected chi connectivity index (χ2v) is 19.0. The van der Waals surface area contributed by atoms with Crippen LogP contribution in [0.15, 0.2) is 11.4 Å². The van der Waals surface area contributed by atoms with Gasteiger partial charge in [0.15, 0.2) is 5.78 Å². The minimum Gasteiger partial charge on any atom is -0.379 e. The molecule has 1 aliphatic carbocycles. The van der Waals surface area contributed by atoms with Crippen LogP contribution < -0.4 is 26.9 Å². The molecule has 5 N–H and O–H groups in total. The molecule has 0 bridgehead atoms. The number of ketones is 3. The molecule has 1 heterocycles. The van der Waals surface area contributed by atoms with Gasteiger partial charge in [0.1, 0.15) is 30.3 Å². The quantitative estimate of drug-likeness (QED) is 0.0452. The first-order valence-corrected chi connectivity index (χ1v) is 24.1. The molecular formula is C47H86N7O11+. The molecule has 4 atom stereocenters. The number of hydrogen-bond acceptors (Lipinski definition) is 14. The molecule has 0 saturated carbocycles. The zero-order chi connectivity index (χ0) is 48.2. The second-order valence-electron chi connectivity index (χ2n) is 19.0. The molecule has 1 unspecified atom stereocenters. The van der Waals surface area contributed by atoms with Crippen LogP contribution in [0.5, 0.6) is 0 Å². The summed E-state index contributed by atoms with van der Waals surface area (Å²) in [5.74, 6) is -1.87. The van der Waals surface area contributed by atoms with Crippen LogP contribution in [-0.2, 0) is 52.5 Å². The highest BCUT2D eigenvalue weighted by Gasteiger charge is 2.32. The molecule has 0 aromatic heterocycles. The molecular weight excluding hydrogens is 839 g/mol. The summed E-state index contributed by atoms with van der Waals surface area (Å²) in [5, 5.41) is 10.5. The van der Waals surface area contributed by atoms with E-state index in [9.17, 15) is 28.8 Å². The third kappa shape index (κ3) is 25.3. The van der Waals surface area contributed by atoms with Crippen molar-refractivity contribution in [3.8, 4) is 0 Å². The fourth-order valence-electron chi connectivity index (χ4n) is 7.64. The molecule has 0 saturated heterocycles. The number of rotatable bonds is 36. The van der Waals surface area contributed by atoms with Gasteiger partial charge in [0.05, 0.1) is 105 Å². The first-order chi connectivity index (χ1) is 30.9. The Bertz CT molecular complexity index is 1490. The molecule has 0 fully saturated rings. The summed E-state index contributed by atoms with van der Waals surface area (Å²) in [6.07, 6.45) is 7.88. The number of nitrogens with zero attached hydrogens (tertiary/aromatic N) is 2. The van der Waals surface area contributed by atoms with Crippen molar-refractivity contribution in [2.75, 3.05) is 100 Å². The Morgan fingerprint density at radius 1 is 0.785 bits per heavy atom. The van der Waals surface area contributed by atoms with Gasteiger partial charge >= 0.3 is 0 Å². The Hall–Kier alpha value is -3.52. The van der Waals surface area contributed by atoms with Gasteiger partial charge in [0, 0.05) is 51.0 Å². The molecule has 3 amide bonds. The zero-order valence-corrected chi connectivity index (χ0v) is 41.3. The lowest BCUT2D eigenvalue weighted by Gasteiger charge is -2.26. The van der Waals surface area contributed by atoms with E-state index < -0.39 is 23.9 Å². The number of carbonyl (C=O) groups excluding carboxylic acids is 6. The van der Waals surface area contributed by atoms with E-state index in [1.165, 1.54) is 6.92 Å². The highest BCUT2D eigenvalue weighted by molar-refractivity contribution is 5.95. The van der Waals surface area contributed by atoms with Crippen LogP contribution >= 0.6 is 0 Å². The van der Waals surface area contributed by atoms with Gasteiger partial charge in [-0.2, -0.15) is 0 Å². The maximum Gasteiger partial charge on any atom is 0.246 e. The number of carbonyl (C=O) groups is 6. The highest BCUT2D eigenvalue weighted by Crippen LogP contribution is 2.28. The third-order valence-electron chi connectivity index (χ3n) is 11.3. The van der Waals surface area contributed by atoms with E-state index in [-0.39, 0.29) is 60.1 Å². The lowest BCUT2D eigenvalue weighted by molar-refractivity contribution is -0.870. The molecule has 18 heteroatoms. The van der Waals surface area contributed by atoms with E-state index in [4.69, 9.17) is 23.7 Å². The second kappa shape index (κ2) is 32.2. The normalized spacial score (nSPS) is 16.9. The summed E-state index contributed by atoms with van der Waals surface area (Å²) in [5.41, 5.74) is 8.56. The molecule has 0 radical (unpaired) electrons. The van der Waals surface area contributed by atoms with Crippen molar-refractivity contribution >= 4 is 35.1 Å². The standard InChI is InChI=1S/C47H85N7O11/c1-34(2)44(41(57)32-36(5)46(59)35(3)4)50-47(60)39(49-37(6)55)17-13-14-21-48-43(58)33-65-42-19-12-10-11-18-40-45(42)51-52-53(40)22-25-62-27-29-64-31-30-63-28-26-61-24-20-38(56)16-15-23-54(7,8)9/h34-36,39,42,44,51-52H,10-33H2,1-9H3,(H2-,48,49,50,55,58,60)/p+1/t36-,39-,42?,44+/m1/s1. The van der Waals surface area contributed by atoms with Crippen LogP contribution in [0, 0.1) is 17.8 Å². The maximum atomic E-state index is 13.3. The van der Waals surface area contributed by atoms with Crippen molar-refractivity contribution in [1.29, 1.82) is 0 Å². The smallest absolute Gasteiger partial charge is 0.246 e. The molecule has 2 aliphatic rings. The van der Waals surface area contributed by atoms with E-state index in [0.29, 0.717) is 98.0 Å². The predicted octanol–water partition coefficient (Wildman–Crippen LogP) is 3.14. The number of amides is 3. The first-order valence-electron chi connectivity index (χ1n) is 24.1. The molecule has 65 heavy (non-hydrogen) atoms. The van der Waals surface area contributed by atoms with Gasteiger partial charge in [-0.25, -0.2) is 0 Å². The number of unbranched alkanes of at least 4 members (excludes halogenated alkanes) is 1. The predicted molar refractivity (Wildman–Crippen MR) is 248 cm³/mol. The van der Waals surface area contributed by atoms with Crippen molar-refractivity contribution in [2.24, 2.45) is 17.8 Å². The molecule has 0 spiro atoms. The van der Waals surface area contributed by atoms with Crippen molar-refractivity contribution in [1.82, 2.24) is 31.9 Å². The Morgan fingerprint density at radius 3 is 2.05 bits per heavy atom. The molecule has 0 aromatic carbocycles. The van der Waals surface area contributed by atoms with Gasteiger partial charge in [-0.3, -0.25) is 33.8 Å². The largest absolute Gasteiger partial charge is 0.379 e. The number of hydrogen-bond donors (Lipinski definition) is 5. The summed E-state index contributed by atoms with van der Waals surface area (Å²) < 4.78 is 29.6.